The first-order valence-corrected chi connectivity index (χ1v) is 5.22. The molecule has 0 heterocycles. The molecule has 2 N–H and O–H groups in total. The molecule has 0 saturated carbocycles. The van der Waals surface area contributed by atoms with Gasteiger partial charge in [-0.05, 0) is 25.1 Å². The number of halogens is 1. The predicted octanol–water partition coefficient (Wildman–Crippen LogP) is 2.73. The Labute approximate surface area is 95.1 Å². The number of hydrogen-bond donors (Lipinski definition) is 1. The van der Waals surface area contributed by atoms with E-state index in [0.29, 0.717) is 23.1 Å². The molecule has 3 nitrogen and oxygen atoms in total. The Morgan fingerprint density at radius 3 is 2.80 bits per heavy atom. The average molecular weight is 230 g/mol. The highest BCUT2D eigenvalue weighted by Crippen LogP contribution is 2.27. The summed E-state index contributed by atoms with van der Waals surface area (Å²) in [6.07, 6.45) is 0.906. The summed E-state index contributed by atoms with van der Waals surface area (Å²) in [6, 6.07) is 5.23. The van der Waals surface area contributed by atoms with Crippen molar-refractivity contribution in [3.63, 3.8) is 0 Å². The van der Waals surface area contributed by atoms with Gasteiger partial charge in [-0.15, -0.1) is 0 Å². The Morgan fingerprint density at radius 2 is 2.20 bits per heavy atom. The fourth-order valence-electron chi connectivity index (χ4n) is 1.17. The van der Waals surface area contributed by atoms with Gasteiger partial charge in [0, 0.05) is 25.8 Å². The maximum Gasteiger partial charge on any atom is 0.138 e. The van der Waals surface area contributed by atoms with E-state index in [9.17, 15) is 0 Å². The van der Waals surface area contributed by atoms with Gasteiger partial charge in [-0.25, -0.2) is 0 Å². The Balaban J connectivity index is 2.56. The van der Waals surface area contributed by atoms with Crippen molar-refractivity contribution in [1.29, 1.82) is 0 Å². The number of benzene rings is 1. The molecular weight excluding hydrogens is 214 g/mol. The van der Waals surface area contributed by atoms with Gasteiger partial charge >= 0.3 is 0 Å². The predicted molar refractivity (Wildman–Crippen MR) is 62.4 cm³/mol. The van der Waals surface area contributed by atoms with Crippen molar-refractivity contribution < 1.29 is 9.47 Å². The minimum Gasteiger partial charge on any atom is -0.489 e. The third-order valence-corrected chi connectivity index (χ3v) is 2.31. The molecule has 1 aromatic rings. The van der Waals surface area contributed by atoms with Gasteiger partial charge in [0.1, 0.15) is 5.75 Å². The van der Waals surface area contributed by atoms with E-state index in [0.717, 1.165) is 6.42 Å². The van der Waals surface area contributed by atoms with Crippen LogP contribution in [0, 0.1) is 0 Å². The SMILES string of the molecule is COCCC(C)Oc1ccc(N)cc1Cl. The van der Waals surface area contributed by atoms with Crippen LogP contribution in [0.1, 0.15) is 13.3 Å². The van der Waals surface area contributed by atoms with E-state index in [1.165, 1.54) is 0 Å². The first-order chi connectivity index (χ1) is 7.13. The smallest absolute Gasteiger partial charge is 0.138 e. The van der Waals surface area contributed by atoms with E-state index in [-0.39, 0.29) is 6.10 Å². The minimum absolute atomic E-state index is 0.0751. The molecule has 1 aromatic carbocycles. The van der Waals surface area contributed by atoms with Crippen molar-refractivity contribution in [1.82, 2.24) is 0 Å². The molecule has 0 saturated heterocycles. The van der Waals surface area contributed by atoms with Crippen molar-refractivity contribution in [2.45, 2.75) is 19.4 Å². The second kappa shape index (κ2) is 5.83. The Kier molecular flexibility index (Phi) is 4.72. The fraction of sp³-hybridized carbons (Fsp3) is 0.455. The lowest BCUT2D eigenvalue weighted by molar-refractivity contribution is 0.135. The highest BCUT2D eigenvalue weighted by Gasteiger charge is 2.07. The van der Waals surface area contributed by atoms with E-state index >= 15 is 0 Å². The normalized spacial score (nSPS) is 12.5. The fourth-order valence-corrected chi connectivity index (χ4v) is 1.41. The lowest BCUT2D eigenvalue weighted by Crippen LogP contribution is -2.14. The third-order valence-electron chi connectivity index (χ3n) is 2.01. The van der Waals surface area contributed by atoms with Crippen LogP contribution >= 0.6 is 11.6 Å². The molecule has 0 spiro atoms. The molecule has 0 bridgehead atoms. The highest BCUT2D eigenvalue weighted by atomic mass is 35.5. The van der Waals surface area contributed by atoms with Gasteiger partial charge in [0.25, 0.3) is 0 Å². The summed E-state index contributed by atoms with van der Waals surface area (Å²) in [7, 11) is 1.67. The Morgan fingerprint density at radius 1 is 1.47 bits per heavy atom. The number of ether oxygens (including phenoxy) is 2. The molecule has 15 heavy (non-hydrogen) atoms. The molecule has 0 amide bonds. The molecule has 0 aliphatic rings. The number of rotatable bonds is 5. The maximum atomic E-state index is 5.97. The van der Waals surface area contributed by atoms with Gasteiger partial charge in [0.2, 0.25) is 0 Å². The van der Waals surface area contributed by atoms with Crippen molar-refractivity contribution in [2.75, 3.05) is 19.5 Å². The number of methoxy groups -OCH3 is 1. The van der Waals surface area contributed by atoms with E-state index in [2.05, 4.69) is 0 Å². The zero-order valence-electron chi connectivity index (χ0n) is 9.00. The van der Waals surface area contributed by atoms with Crippen LogP contribution in [0.5, 0.6) is 5.75 Å². The van der Waals surface area contributed by atoms with Gasteiger partial charge in [-0.1, -0.05) is 11.6 Å². The van der Waals surface area contributed by atoms with Crippen molar-refractivity contribution in [3.05, 3.63) is 23.2 Å². The summed E-state index contributed by atoms with van der Waals surface area (Å²) in [4.78, 5) is 0. The topological polar surface area (TPSA) is 44.5 Å². The molecule has 4 heteroatoms. The summed E-state index contributed by atoms with van der Waals surface area (Å²) < 4.78 is 10.6. The first-order valence-electron chi connectivity index (χ1n) is 4.84. The lowest BCUT2D eigenvalue weighted by Gasteiger charge is -2.15. The quantitative estimate of drug-likeness (QED) is 0.790. The average Bonchev–Trinajstić information content (AvgIpc) is 2.19. The van der Waals surface area contributed by atoms with Crippen LogP contribution in [0.15, 0.2) is 18.2 Å². The molecule has 84 valence electrons. The second-order valence-electron chi connectivity index (χ2n) is 3.40. The van der Waals surface area contributed by atoms with Crippen LogP contribution < -0.4 is 10.5 Å². The zero-order valence-corrected chi connectivity index (χ0v) is 9.75. The molecule has 1 atom stereocenters. The highest BCUT2D eigenvalue weighted by molar-refractivity contribution is 6.32. The van der Waals surface area contributed by atoms with Crippen LogP contribution in [-0.2, 0) is 4.74 Å². The van der Waals surface area contributed by atoms with Gasteiger partial charge in [0.15, 0.2) is 0 Å². The molecule has 0 aromatic heterocycles. The molecule has 0 fully saturated rings. The van der Waals surface area contributed by atoms with Gasteiger partial charge in [0.05, 0.1) is 11.1 Å². The number of nitrogen functional groups attached to an aromatic ring is 1. The van der Waals surface area contributed by atoms with E-state index < -0.39 is 0 Å². The van der Waals surface area contributed by atoms with E-state index in [1.54, 1.807) is 25.3 Å². The molecular formula is C11H16ClNO2. The summed E-state index contributed by atoms with van der Waals surface area (Å²) in [5.41, 5.74) is 6.21. The lowest BCUT2D eigenvalue weighted by atomic mass is 10.2. The van der Waals surface area contributed by atoms with Crippen molar-refractivity contribution >= 4 is 17.3 Å². The van der Waals surface area contributed by atoms with Crippen molar-refractivity contribution in [3.8, 4) is 5.75 Å². The van der Waals surface area contributed by atoms with Crippen LogP contribution in [0.4, 0.5) is 5.69 Å². The largest absolute Gasteiger partial charge is 0.489 e. The molecule has 1 unspecified atom stereocenters. The van der Waals surface area contributed by atoms with E-state index in [4.69, 9.17) is 26.8 Å². The Hall–Kier alpha value is -0.930. The molecule has 0 radical (unpaired) electrons. The first kappa shape index (κ1) is 12.1. The summed E-state index contributed by atoms with van der Waals surface area (Å²) in [5, 5.41) is 0.541. The van der Waals surface area contributed by atoms with Gasteiger partial charge in [-0.2, -0.15) is 0 Å². The standard InChI is InChI=1S/C11H16ClNO2/c1-8(5-6-14-2)15-11-4-3-9(13)7-10(11)12/h3-4,7-8H,5-6,13H2,1-2H3. The van der Waals surface area contributed by atoms with Crippen LogP contribution in [0.3, 0.4) is 0 Å². The summed E-state index contributed by atoms with van der Waals surface area (Å²) in [5.74, 6) is 0.662. The number of hydrogen-bond acceptors (Lipinski definition) is 3. The van der Waals surface area contributed by atoms with Gasteiger partial charge in [-0.3, -0.25) is 0 Å². The third kappa shape index (κ3) is 3.98. The number of nitrogens with two attached hydrogens (primary N) is 1. The van der Waals surface area contributed by atoms with Crippen LogP contribution in [0.25, 0.3) is 0 Å². The monoisotopic (exact) mass is 229 g/mol. The maximum absolute atomic E-state index is 5.97. The molecule has 0 aliphatic carbocycles. The zero-order chi connectivity index (χ0) is 11.3. The van der Waals surface area contributed by atoms with E-state index in [1.807, 2.05) is 6.92 Å². The van der Waals surface area contributed by atoms with Crippen LogP contribution in [0.2, 0.25) is 5.02 Å². The van der Waals surface area contributed by atoms with Crippen LogP contribution in [-0.4, -0.2) is 19.8 Å². The Bertz CT molecular complexity index is 317. The van der Waals surface area contributed by atoms with Crippen molar-refractivity contribution in [2.24, 2.45) is 0 Å². The minimum atomic E-state index is 0.0751. The summed E-state index contributed by atoms with van der Waals surface area (Å²) >= 11 is 5.97. The second-order valence-corrected chi connectivity index (χ2v) is 3.81. The molecule has 0 aliphatic heterocycles. The molecule has 1 rings (SSSR count). The number of anilines is 1. The van der Waals surface area contributed by atoms with Gasteiger partial charge < -0.3 is 15.2 Å². The summed E-state index contributed by atoms with van der Waals surface area (Å²) in [6.45, 7) is 2.65.